The summed E-state index contributed by atoms with van der Waals surface area (Å²) in [5.41, 5.74) is 2.71. The quantitative estimate of drug-likeness (QED) is 0.398. The van der Waals surface area contributed by atoms with Crippen LogP contribution in [0.1, 0.15) is 43.2 Å². The Balaban J connectivity index is 1.55. The molecule has 0 aliphatic rings. The molecule has 0 aliphatic carbocycles. The third kappa shape index (κ3) is 5.37. The van der Waals surface area contributed by atoms with E-state index in [9.17, 15) is 0 Å². The van der Waals surface area contributed by atoms with Crippen LogP contribution in [0.25, 0.3) is 0 Å². The number of aryl methyl sites for hydroxylation is 1. The second-order valence-corrected chi connectivity index (χ2v) is 7.05. The van der Waals surface area contributed by atoms with Crippen molar-refractivity contribution in [1.82, 2.24) is 0 Å². The molecule has 1 atom stereocenters. The van der Waals surface area contributed by atoms with E-state index in [1.54, 1.807) is 0 Å². The third-order valence-electron chi connectivity index (χ3n) is 4.73. The molecule has 1 nitrogen and oxygen atoms in total. The van der Waals surface area contributed by atoms with Crippen LogP contribution in [-0.2, 0) is 6.42 Å². The van der Waals surface area contributed by atoms with Crippen LogP contribution in [0, 0.1) is 0 Å². The Morgan fingerprint density at radius 3 is 2.31 bits per heavy atom. The third-order valence-corrected chi connectivity index (χ3v) is 4.98. The maximum Gasteiger partial charge on any atom is 0.127 e. The molecule has 0 saturated carbocycles. The molecular formula is C24H25ClO. The molecule has 0 N–H and O–H groups in total. The van der Waals surface area contributed by atoms with Gasteiger partial charge in [0.15, 0.2) is 0 Å². The minimum absolute atomic E-state index is 0.594. The van der Waals surface area contributed by atoms with Crippen molar-refractivity contribution in [3.05, 3.63) is 95.0 Å². The highest BCUT2D eigenvalue weighted by atomic mass is 35.5. The second-order valence-electron chi connectivity index (χ2n) is 6.61. The molecule has 0 aliphatic heterocycles. The highest BCUT2D eigenvalue weighted by Crippen LogP contribution is 2.27. The molecule has 3 aromatic rings. The molecule has 0 radical (unpaired) electrons. The van der Waals surface area contributed by atoms with Gasteiger partial charge in [-0.2, -0.15) is 0 Å². The number of ether oxygens (including phenoxy) is 1. The molecule has 0 heterocycles. The Labute approximate surface area is 161 Å². The van der Waals surface area contributed by atoms with Crippen LogP contribution in [0.15, 0.2) is 78.9 Å². The number of halogens is 1. The summed E-state index contributed by atoms with van der Waals surface area (Å²) in [7, 11) is 0. The Morgan fingerprint density at radius 1 is 0.846 bits per heavy atom. The first-order chi connectivity index (χ1) is 12.7. The highest BCUT2D eigenvalue weighted by Gasteiger charge is 2.09. The van der Waals surface area contributed by atoms with Crippen LogP contribution < -0.4 is 4.74 Å². The van der Waals surface area contributed by atoms with Gasteiger partial charge in [-0.15, -0.1) is 0 Å². The number of benzene rings is 3. The zero-order valence-corrected chi connectivity index (χ0v) is 16.0. The normalized spacial score (nSPS) is 11.9. The summed E-state index contributed by atoms with van der Waals surface area (Å²) in [5.74, 6) is 2.37. The smallest absolute Gasteiger partial charge is 0.127 e. The molecule has 3 rings (SSSR count). The Kier molecular flexibility index (Phi) is 6.74. The lowest BCUT2D eigenvalue weighted by Crippen LogP contribution is -1.98. The molecule has 0 aromatic heterocycles. The van der Waals surface area contributed by atoms with E-state index < -0.39 is 0 Å². The average Bonchev–Trinajstić information content (AvgIpc) is 2.67. The Bertz CT molecular complexity index is 796. The lowest BCUT2D eigenvalue weighted by Gasteiger charge is -2.15. The van der Waals surface area contributed by atoms with Crippen molar-refractivity contribution in [3.63, 3.8) is 0 Å². The van der Waals surface area contributed by atoms with Crippen molar-refractivity contribution < 1.29 is 4.74 Å². The summed E-state index contributed by atoms with van der Waals surface area (Å²) in [6.07, 6.45) is 4.56. The Morgan fingerprint density at radius 2 is 1.58 bits per heavy atom. The first-order valence-electron chi connectivity index (χ1n) is 9.32. The van der Waals surface area contributed by atoms with Gasteiger partial charge in [0, 0.05) is 5.02 Å². The van der Waals surface area contributed by atoms with E-state index in [2.05, 4.69) is 37.3 Å². The van der Waals surface area contributed by atoms with Crippen molar-refractivity contribution in [1.29, 1.82) is 0 Å². The first-order valence-corrected chi connectivity index (χ1v) is 9.69. The number of rotatable bonds is 8. The van der Waals surface area contributed by atoms with Crippen molar-refractivity contribution in [2.75, 3.05) is 0 Å². The fourth-order valence-corrected chi connectivity index (χ4v) is 3.41. The van der Waals surface area contributed by atoms with E-state index in [1.807, 2.05) is 48.5 Å². The molecule has 3 aromatic carbocycles. The molecule has 0 bridgehead atoms. The SMILES string of the molecule is CCC(CCCc1cccc(Oc2ccccc2)c1)c1ccc(Cl)cc1. The average molecular weight is 365 g/mol. The van der Waals surface area contributed by atoms with E-state index in [4.69, 9.17) is 16.3 Å². The van der Waals surface area contributed by atoms with Crippen LogP contribution in [-0.4, -0.2) is 0 Å². The fourth-order valence-electron chi connectivity index (χ4n) is 3.28. The van der Waals surface area contributed by atoms with Gasteiger partial charge >= 0.3 is 0 Å². The molecule has 0 spiro atoms. The topological polar surface area (TPSA) is 9.23 Å². The highest BCUT2D eigenvalue weighted by molar-refractivity contribution is 6.30. The number of hydrogen-bond acceptors (Lipinski definition) is 1. The van der Waals surface area contributed by atoms with Gasteiger partial charge in [-0.1, -0.05) is 61.0 Å². The lowest BCUT2D eigenvalue weighted by molar-refractivity contribution is 0.481. The zero-order valence-electron chi connectivity index (χ0n) is 15.2. The Hall–Kier alpha value is -2.25. The molecule has 0 amide bonds. The monoisotopic (exact) mass is 364 g/mol. The molecule has 1 unspecified atom stereocenters. The zero-order chi connectivity index (χ0) is 18.2. The van der Waals surface area contributed by atoms with Crippen LogP contribution in [0.4, 0.5) is 0 Å². The summed E-state index contributed by atoms with van der Waals surface area (Å²) in [5, 5.41) is 0.804. The minimum Gasteiger partial charge on any atom is -0.457 e. The van der Waals surface area contributed by atoms with Gasteiger partial charge < -0.3 is 4.74 Å². The molecule has 26 heavy (non-hydrogen) atoms. The van der Waals surface area contributed by atoms with Gasteiger partial charge in [0.2, 0.25) is 0 Å². The summed E-state index contributed by atoms with van der Waals surface area (Å²) in [6.45, 7) is 2.26. The van der Waals surface area contributed by atoms with Crippen molar-refractivity contribution in [2.24, 2.45) is 0 Å². The van der Waals surface area contributed by atoms with Gasteiger partial charge in [-0.05, 0) is 79.1 Å². The first kappa shape index (κ1) is 18.5. The van der Waals surface area contributed by atoms with E-state index in [-0.39, 0.29) is 0 Å². The molecule has 2 heteroatoms. The van der Waals surface area contributed by atoms with E-state index in [0.29, 0.717) is 5.92 Å². The summed E-state index contributed by atoms with van der Waals surface area (Å²) in [4.78, 5) is 0. The maximum absolute atomic E-state index is 6.00. The van der Waals surface area contributed by atoms with Gasteiger partial charge in [-0.3, -0.25) is 0 Å². The van der Waals surface area contributed by atoms with Crippen molar-refractivity contribution >= 4 is 11.6 Å². The van der Waals surface area contributed by atoms with Crippen LogP contribution in [0.5, 0.6) is 11.5 Å². The van der Waals surface area contributed by atoms with Crippen LogP contribution in [0.3, 0.4) is 0 Å². The molecule has 0 fully saturated rings. The van der Waals surface area contributed by atoms with Gasteiger partial charge in [0.25, 0.3) is 0 Å². The molecular weight excluding hydrogens is 340 g/mol. The second kappa shape index (κ2) is 9.45. The fraction of sp³-hybridized carbons (Fsp3) is 0.250. The molecule has 0 saturated heterocycles. The predicted octanol–water partition coefficient (Wildman–Crippen LogP) is 7.65. The van der Waals surface area contributed by atoms with E-state index in [0.717, 1.165) is 35.8 Å². The summed E-state index contributed by atoms with van der Waals surface area (Å²) >= 11 is 6.00. The minimum atomic E-state index is 0.594. The number of hydrogen-bond donors (Lipinski definition) is 0. The summed E-state index contributed by atoms with van der Waals surface area (Å²) < 4.78 is 5.94. The predicted molar refractivity (Wildman–Crippen MR) is 110 cm³/mol. The van der Waals surface area contributed by atoms with Gasteiger partial charge in [-0.25, -0.2) is 0 Å². The standard InChI is InChI=1S/C24H25ClO/c1-2-20(21-14-16-22(25)17-15-21)10-6-8-19-9-7-13-24(18-19)26-23-11-4-3-5-12-23/h3-5,7,9,11-18,20H,2,6,8,10H2,1H3. The van der Waals surface area contributed by atoms with Gasteiger partial charge in [0.1, 0.15) is 11.5 Å². The number of para-hydroxylation sites is 1. The van der Waals surface area contributed by atoms with Crippen molar-refractivity contribution in [3.8, 4) is 11.5 Å². The van der Waals surface area contributed by atoms with E-state index in [1.165, 1.54) is 17.5 Å². The van der Waals surface area contributed by atoms with Crippen LogP contribution in [0.2, 0.25) is 5.02 Å². The van der Waals surface area contributed by atoms with Crippen molar-refractivity contribution in [2.45, 2.75) is 38.5 Å². The molecule has 134 valence electrons. The van der Waals surface area contributed by atoms with E-state index >= 15 is 0 Å². The summed E-state index contributed by atoms with van der Waals surface area (Å²) in [6, 6.07) is 26.6. The van der Waals surface area contributed by atoms with Crippen LogP contribution >= 0.6 is 11.6 Å². The maximum atomic E-state index is 6.00. The lowest BCUT2D eigenvalue weighted by atomic mass is 9.90. The van der Waals surface area contributed by atoms with Gasteiger partial charge in [0.05, 0.1) is 0 Å². The largest absolute Gasteiger partial charge is 0.457 e.